The van der Waals surface area contributed by atoms with Gasteiger partial charge >= 0.3 is 0 Å². The molecule has 104 valence electrons. The first-order valence-electron chi connectivity index (χ1n) is 6.91. The van der Waals surface area contributed by atoms with E-state index in [0.717, 1.165) is 35.7 Å². The summed E-state index contributed by atoms with van der Waals surface area (Å²) in [6.07, 6.45) is 2.04. The number of nitrogens with one attached hydrogen (secondary N) is 2. The van der Waals surface area contributed by atoms with Crippen LogP contribution in [-0.4, -0.2) is 5.91 Å². The molecule has 20 heavy (non-hydrogen) atoms. The summed E-state index contributed by atoms with van der Waals surface area (Å²) in [7, 11) is 0. The first kappa shape index (κ1) is 12.8. The third-order valence-corrected chi connectivity index (χ3v) is 3.36. The molecule has 1 aromatic carbocycles. The van der Waals surface area contributed by atoms with Gasteiger partial charge in [0.25, 0.3) is 0 Å². The summed E-state index contributed by atoms with van der Waals surface area (Å²) in [5.74, 6) is 2.19. The number of carbonyl (C=O) groups is 1. The Morgan fingerprint density at radius 3 is 2.45 bits per heavy atom. The lowest BCUT2D eigenvalue weighted by Gasteiger charge is -2.07. The second-order valence-electron chi connectivity index (χ2n) is 5.21. The highest BCUT2D eigenvalue weighted by atomic mass is 16.3. The molecule has 0 bridgehead atoms. The zero-order valence-electron chi connectivity index (χ0n) is 11.5. The standard InChI is InChI=1S/C16H18N2O2/c1-11-2-9-15(20-11)10-17-13-5-7-14(8-6-13)18-16(19)12-3-4-12/h2,5-9,12,17H,3-4,10H2,1H3,(H,18,19). The summed E-state index contributed by atoms with van der Waals surface area (Å²) in [4.78, 5) is 11.6. The molecule has 3 rings (SSSR count). The molecule has 1 heterocycles. The van der Waals surface area contributed by atoms with Crippen LogP contribution in [0.15, 0.2) is 40.8 Å². The first-order valence-corrected chi connectivity index (χ1v) is 6.91. The molecule has 2 aromatic rings. The average molecular weight is 270 g/mol. The van der Waals surface area contributed by atoms with E-state index in [0.29, 0.717) is 6.54 Å². The van der Waals surface area contributed by atoms with Crippen molar-refractivity contribution in [3.63, 3.8) is 0 Å². The quantitative estimate of drug-likeness (QED) is 0.873. The Kier molecular flexibility index (Phi) is 3.46. The number of furan rings is 1. The molecule has 0 saturated heterocycles. The van der Waals surface area contributed by atoms with Gasteiger partial charge in [-0.25, -0.2) is 0 Å². The largest absolute Gasteiger partial charge is 0.465 e. The van der Waals surface area contributed by atoms with E-state index < -0.39 is 0 Å². The number of hydrogen-bond acceptors (Lipinski definition) is 3. The third kappa shape index (κ3) is 3.20. The summed E-state index contributed by atoms with van der Waals surface area (Å²) < 4.78 is 5.50. The summed E-state index contributed by atoms with van der Waals surface area (Å²) in [6, 6.07) is 11.7. The SMILES string of the molecule is Cc1ccc(CNc2ccc(NC(=O)C3CC3)cc2)o1. The van der Waals surface area contributed by atoms with E-state index in [2.05, 4.69) is 10.6 Å². The van der Waals surface area contributed by atoms with Crippen molar-refractivity contribution in [3.05, 3.63) is 47.9 Å². The minimum atomic E-state index is 0.136. The Labute approximate surface area is 118 Å². The van der Waals surface area contributed by atoms with E-state index in [1.807, 2.05) is 43.3 Å². The number of aryl methyl sites for hydroxylation is 1. The van der Waals surface area contributed by atoms with Gasteiger partial charge in [-0.2, -0.15) is 0 Å². The van der Waals surface area contributed by atoms with Gasteiger partial charge in [-0.15, -0.1) is 0 Å². The van der Waals surface area contributed by atoms with Gasteiger partial charge in [0.2, 0.25) is 5.91 Å². The van der Waals surface area contributed by atoms with E-state index >= 15 is 0 Å². The van der Waals surface area contributed by atoms with Crippen molar-refractivity contribution in [2.24, 2.45) is 5.92 Å². The molecule has 0 aliphatic heterocycles. The van der Waals surface area contributed by atoms with Crippen molar-refractivity contribution in [2.75, 3.05) is 10.6 Å². The van der Waals surface area contributed by atoms with Crippen LogP contribution < -0.4 is 10.6 Å². The Bertz CT molecular complexity index is 597. The molecule has 1 amide bonds. The summed E-state index contributed by atoms with van der Waals surface area (Å²) in [6.45, 7) is 2.59. The van der Waals surface area contributed by atoms with E-state index in [9.17, 15) is 4.79 Å². The highest BCUT2D eigenvalue weighted by Gasteiger charge is 2.29. The van der Waals surface area contributed by atoms with E-state index in [4.69, 9.17) is 4.42 Å². The molecular weight excluding hydrogens is 252 g/mol. The molecule has 4 heteroatoms. The Hall–Kier alpha value is -2.23. The predicted octanol–water partition coefficient (Wildman–Crippen LogP) is 3.55. The minimum absolute atomic E-state index is 0.136. The molecule has 0 radical (unpaired) electrons. The van der Waals surface area contributed by atoms with Crippen molar-refractivity contribution in [3.8, 4) is 0 Å². The number of hydrogen-bond donors (Lipinski definition) is 2. The van der Waals surface area contributed by atoms with Crippen LogP contribution in [0.1, 0.15) is 24.4 Å². The topological polar surface area (TPSA) is 54.3 Å². The molecule has 1 aliphatic carbocycles. The Balaban J connectivity index is 1.54. The highest BCUT2D eigenvalue weighted by molar-refractivity contribution is 5.94. The van der Waals surface area contributed by atoms with Gasteiger partial charge in [-0.1, -0.05) is 0 Å². The second kappa shape index (κ2) is 5.41. The molecule has 1 fully saturated rings. The fourth-order valence-electron chi connectivity index (χ4n) is 2.03. The van der Waals surface area contributed by atoms with E-state index in [1.54, 1.807) is 0 Å². The fourth-order valence-corrected chi connectivity index (χ4v) is 2.03. The van der Waals surface area contributed by atoms with Crippen LogP contribution in [0, 0.1) is 12.8 Å². The lowest BCUT2D eigenvalue weighted by molar-refractivity contribution is -0.117. The van der Waals surface area contributed by atoms with Gasteiger partial charge in [-0.3, -0.25) is 4.79 Å². The van der Waals surface area contributed by atoms with Crippen LogP contribution in [0.25, 0.3) is 0 Å². The highest BCUT2D eigenvalue weighted by Crippen LogP contribution is 2.30. The Morgan fingerprint density at radius 2 is 1.85 bits per heavy atom. The number of anilines is 2. The van der Waals surface area contributed by atoms with Gasteiger partial charge in [0.1, 0.15) is 11.5 Å². The smallest absolute Gasteiger partial charge is 0.227 e. The lowest BCUT2D eigenvalue weighted by atomic mass is 10.2. The normalized spacial score (nSPS) is 14.1. The van der Waals surface area contributed by atoms with Crippen molar-refractivity contribution < 1.29 is 9.21 Å². The average Bonchev–Trinajstić information content (AvgIpc) is 3.22. The molecular formula is C16H18N2O2. The van der Waals surface area contributed by atoms with Gasteiger partial charge in [0.15, 0.2) is 0 Å². The van der Waals surface area contributed by atoms with Gasteiger partial charge in [0.05, 0.1) is 6.54 Å². The molecule has 0 spiro atoms. The summed E-state index contributed by atoms with van der Waals surface area (Å²) in [5, 5.41) is 6.21. The second-order valence-corrected chi connectivity index (χ2v) is 5.21. The van der Waals surface area contributed by atoms with Crippen molar-refractivity contribution in [1.82, 2.24) is 0 Å². The van der Waals surface area contributed by atoms with Gasteiger partial charge < -0.3 is 15.1 Å². The molecule has 1 aliphatic rings. The van der Waals surface area contributed by atoms with Crippen molar-refractivity contribution in [1.29, 1.82) is 0 Å². The molecule has 1 aromatic heterocycles. The van der Waals surface area contributed by atoms with Crippen LogP contribution in [0.3, 0.4) is 0 Å². The zero-order valence-corrected chi connectivity index (χ0v) is 11.5. The monoisotopic (exact) mass is 270 g/mol. The maximum atomic E-state index is 11.6. The summed E-state index contributed by atoms with van der Waals surface area (Å²) in [5.41, 5.74) is 1.85. The molecule has 2 N–H and O–H groups in total. The number of rotatable bonds is 5. The van der Waals surface area contributed by atoms with E-state index in [-0.39, 0.29) is 11.8 Å². The van der Waals surface area contributed by atoms with Crippen molar-refractivity contribution in [2.45, 2.75) is 26.3 Å². The van der Waals surface area contributed by atoms with Crippen molar-refractivity contribution >= 4 is 17.3 Å². The fraction of sp³-hybridized carbons (Fsp3) is 0.312. The number of amides is 1. The van der Waals surface area contributed by atoms with E-state index in [1.165, 1.54) is 0 Å². The maximum absolute atomic E-state index is 11.6. The Morgan fingerprint density at radius 1 is 1.15 bits per heavy atom. The molecule has 1 saturated carbocycles. The molecule has 4 nitrogen and oxygen atoms in total. The van der Waals surface area contributed by atoms with Crippen LogP contribution in [-0.2, 0) is 11.3 Å². The maximum Gasteiger partial charge on any atom is 0.227 e. The first-order chi connectivity index (χ1) is 9.70. The lowest BCUT2D eigenvalue weighted by Crippen LogP contribution is -2.13. The zero-order chi connectivity index (χ0) is 13.9. The number of carbonyl (C=O) groups excluding carboxylic acids is 1. The minimum Gasteiger partial charge on any atom is -0.465 e. The van der Waals surface area contributed by atoms with Gasteiger partial charge in [0, 0.05) is 17.3 Å². The summed E-state index contributed by atoms with van der Waals surface area (Å²) >= 11 is 0. The van der Waals surface area contributed by atoms with Crippen LogP contribution in [0.4, 0.5) is 11.4 Å². The predicted molar refractivity (Wildman–Crippen MR) is 78.6 cm³/mol. The number of benzene rings is 1. The van der Waals surface area contributed by atoms with Crippen LogP contribution in [0.2, 0.25) is 0 Å². The van der Waals surface area contributed by atoms with Crippen LogP contribution >= 0.6 is 0 Å². The molecule has 0 atom stereocenters. The third-order valence-electron chi connectivity index (χ3n) is 3.36. The van der Waals surface area contributed by atoms with Gasteiger partial charge in [-0.05, 0) is 56.2 Å². The van der Waals surface area contributed by atoms with Crippen LogP contribution in [0.5, 0.6) is 0 Å². The molecule has 0 unspecified atom stereocenters.